The van der Waals surface area contributed by atoms with Crippen LogP contribution in [0.2, 0.25) is 0 Å². The van der Waals surface area contributed by atoms with Gasteiger partial charge in [0, 0.05) is 11.8 Å². The molecule has 32 heavy (non-hydrogen) atoms. The number of rotatable bonds is 6. The van der Waals surface area contributed by atoms with Gasteiger partial charge in [-0.05, 0) is 69.3 Å². The third-order valence-corrected chi connectivity index (χ3v) is 5.13. The standard InChI is InChI=1S/C25H24N2O5/c1-15(2)31-19-10-8-17(9-11-19)23(28)21-22(20-12-7-16(3)32-20)27(25(30)24(21)29)14-18-6-4-5-13-26-18/h4-13,15,22,28H,14H2,1-3H3/b23-21-. The van der Waals surface area contributed by atoms with Crippen LogP contribution in [0.5, 0.6) is 5.75 Å². The van der Waals surface area contributed by atoms with Gasteiger partial charge in [-0.1, -0.05) is 6.07 Å². The van der Waals surface area contributed by atoms with Crippen molar-refractivity contribution in [2.24, 2.45) is 0 Å². The van der Waals surface area contributed by atoms with Gasteiger partial charge < -0.3 is 19.2 Å². The molecule has 2 aromatic heterocycles. The minimum Gasteiger partial charge on any atom is -0.507 e. The molecule has 0 aliphatic carbocycles. The number of aromatic nitrogens is 1. The molecule has 7 heteroatoms. The van der Waals surface area contributed by atoms with Crippen molar-refractivity contribution in [2.45, 2.75) is 39.5 Å². The molecule has 0 radical (unpaired) electrons. The Bertz CT molecular complexity index is 1160. The Morgan fingerprint density at radius 2 is 1.88 bits per heavy atom. The van der Waals surface area contributed by atoms with Crippen LogP contribution in [0.15, 0.2) is 70.8 Å². The van der Waals surface area contributed by atoms with Gasteiger partial charge in [-0.15, -0.1) is 0 Å². The summed E-state index contributed by atoms with van der Waals surface area (Å²) in [6.45, 7) is 5.72. The molecule has 0 spiro atoms. The minimum absolute atomic E-state index is 0.00793. The van der Waals surface area contributed by atoms with Crippen molar-refractivity contribution in [2.75, 3.05) is 0 Å². The summed E-state index contributed by atoms with van der Waals surface area (Å²) < 4.78 is 11.4. The van der Waals surface area contributed by atoms with Crippen molar-refractivity contribution >= 4 is 17.4 Å². The van der Waals surface area contributed by atoms with E-state index >= 15 is 0 Å². The zero-order valence-electron chi connectivity index (χ0n) is 18.1. The Hall–Kier alpha value is -3.87. The third kappa shape index (κ3) is 4.14. The van der Waals surface area contributed by atoms with Crippen LogP contribution in [0.3, 0.4) is 0 Å². The predicted octanol–water partition coefficient (Wildman–Crippen LogP) is 4.39. The second-order valence-corrected chi connectivity index (χ2v) is 7.89. The van der Waals surface area contributed by atoms with Crippen molar-refractivity contribution in [3.8, 4) is 5.75 Å². The van der Waals surface area contributed by atoms with E-state index in [9.17, 15) is 14.7 Å². The summed E-state index contributed by atoms with van der Waals surface area (Å²) in [6.07, 6.45) is 1.63. The second kappa shape index (κ2) is 8.70. The van der Waals surface area contributed by atoms with Gasteiger partial charge in [-0.2, -0.15) is 0 Å². The molecule has 4 rings (SSSR count). The number of nitrogens with zero attached hydrogens (tertiary/aromatic N) is 2. The summed E-state index contributed by atoms with van der Waals surface area (Å²) in [5.41, 5.74) is 1.01. The van der Waals surface area contributed by atoms with Gasteiger partial charge >= 0.3 is 0 Å². The molecule has 1 fully saturated rings. The highest BCUT2D eigenvalue weighted by atomic mass is 16.5. The van der Waals surface area contributed by atoms with Crippen LogP contribution >= 0.6 is 0 Å². The first-order valence-corrected chi connectivity index (χ1v) is 10.4. The summed E-state index contributed by atoms with van der Waals surface area (Å²) >= 11 is 0. The second-order valence-electron chi connectivity index (χ2n) is 7.89. The first-order valence-electron chi connectivity index (χ1n) is 10.4. The number of aryl methyl sites for hydroxylation is 1. The molecule has 0 saturated carbocycles. The van der Waals surface area contributed by atoms with Crippen molar-refractivity contribution in [3.05, 3.63) is 89.1 Å². The number of ether oxygens (including phenoxy) is 1. The van der Waals surface area contributed by atoms with Gasteiger partial charge in [0.1, 0.15) is 29.1 Å². The van der Waals surface area contributed by atoms with Crippen molar-refractivity contribution in [1.29, 1.82) is 0 Å². The van der Waals surface area contributed by atoms with Gasteiger partial charge in [-0.3, -0.25) is 14.6 Å². The number of amides is 1. The average molecular weight is 432 g/mol. The normalized spacial score (nSPS) is 17.9. The first kappa shape index (κ1) is 21.4. The number of hydrogen-bond donors (Lipinski definition) is 1. The number of Topliss-reactive ketones (excluding diaryl/α,β-unsaturated/α-hetero) is 1. The maximum absolute atomic E-state index is 13.0. The lowest BCUT2D eigenvalue weighted by Crippen LogP contribution is -2.29. The molecular formula is C25H24N2O5. The lowest BCUT2D eigenvalue weighted by Gasteiger charge is -2.23. The summed E-state index contributed by atoms with van der Waals surface area (Å²) in [5, 5.41) is 11.1. The van der Waals surface area contributed by atoms with Gasteiger partial charge in [0.05, 0.1) is 23.9 Å². The molecule has 1 aromatic carbocycles. The third-order valence-electron chi connectivity index (χ3n) is 5.13. The smallest absolute Gasteiger partial charge is 0.296 e. The minimum atomic E-state index is -0.864. The number of ketones is 1. The molecule has 3 heterocycles. The molecule has 1 aliphatic heterocycles. The van der Waals surface area contributed by atoms with Crippen LogP contribution in [-0.2, 0) is 16.1 Å². The number of likely N-dealkylation sites (tertiary alicyclic amines) is 1. The number of aliphatic hydroxyl groups is 1. The fourth-order valence-electron chi connectivity index (χ4n) is 3.72. The molecule has 7 nitrogen and oxygen atoms in total. The Labute approximate surface area is 186 Å². The van der Waals surface area contributed by atoms with E-state index < -0.39 is 17.7 Å². The maximum Gasteiger partial charge on any atom is 0.296 e. The van der Waals surface area contributed by atoms with Crippen LogP contribution in [0.4, 0.5) is 0 Å². The van der Waals surface area contributed by atoms with E-state index in [1.54, 1.807) is 61.7 Å². The van der Waals surface area contributed by atoms with Crippen molar-refractivity contribution in [1.82, 2.24) is 9.88 Å². The summed E-state index contributed by atoms with van der Waals surface area (Å²) in [6, 6.07) is 14.7. The first-order chi connectivity index (χ1) is 15.3. The van der Waals surface area contributed by atoms with E-state index in [-0.39, 0.29) is 24.0 Å². The average Bonchev–Trinajstić information content (AvgIpc) is 3.30. The highest BCUT2D eigenvalue weighted by Gasteiger charge is 2.47. The van der Waals surface area contributed by atoms with Crippen LogP contribution < -0.4 is 4.74 Å². The number of aliphatic hydroxyl groups excluding tert-OH is 1. The fraction of sp³-hybridized carbons (Fsp3) is 0.240. The Morgan fingerprint density at radius 3 is 2.47 bits per heavy atom. The lowest BCUT2D eigenvalue weighted by atomic mass is 9.99. The van der Waals surface area contributed by atoms with Crippen molar-refractivity contribution in [3.63, 3.8) is 0 Å². The highest BCUT2D eigenvalue weighted by molar-refractivity contribution is 6.46. The number of benzene rings is 1. The van der Waals surface area contributed by atoms with Crippen LogP contribution in [0.1, 0.15) is 42.7 Å². The van der Waals surface area contributed by atoms with E-state index in [0.29, 0.717) is 28.5 Å². The number of carbonyl (C=O) groups excluding carboxylic acids is 2. The van der Waals surface area contributed by atoms with Gasteiger partial charge in [0.15, 0.2) is 0 Å². The molecule has 3 aromatic rings. The summed E-state index contributed by atoms with van der Waals surface area (Å²) in [4.78, 5) is 31.6. The van der Waals surface area contributed by atoms with E-state index in [2.05, 4.69) is 4.98 Å². The molecule has 1 atom stereocenters. The molecule has 1 N–H and O–H groups in total. The van der Waals surface area contributed by atoms with E-state index in [4.69, 9.17) is 9.15 Å². The molecular weight excluding hydrogens is 408 g/mol. The zero-order valence-corrected chi connectivity index (χ0v) is 18.1. The number of pyridine rings is 1. The highest BCUT2D eigenvalue weighted by Crippen LogP contribution is 2.40. The molecule has 164 valence electrons. The van der Waals surface area contributed by atoms with E-state index in [1.807, 2.05) is 19.9 Å². The van der Waals surface area contributed by atoms with E-state index in [0.717, 1.165) is 0 Å². The molecule has 1 aliphatic rings. The summed E-state index contributed by atoms with van der Waals surface area (Å²) in [7, 11) is 0. The molecule has 1 saturated heterocycles. The fourth-order valence-corrected chi connectivity index (χ4v) is 3.72. The Kier molecular flexibility index (Phi) is 5.81. The molecule has 0 bridgehead atoms. The van der Waals surface area contributed by atoms with Crippen LogP contribution in [0.25, 0.3) is 5.76 Å². The van der Waals surface area contributed by atoms with Gasteiger partial charge in [-0.25, -0.2) is 0 Å². The largest absolute Gasteiger partial charge is 0.507 e. The van der Waals surface area contributed by atoms with Crippen LogP contribution in [-0.4, -0.2) is 32.8 Å². The quantitative estimate of drug-likeness (QED) is 0.353. The predicted molar refractivity (Wildman–Crippen MR) is 118 cm³/mol. The van der Waals surface area contributed by atoms with Gasteiger partial charge in [0.2, 0.25) is 0 Å². The maximum atomic E-state index is 13.0. The molecule has 1 unspecified atom stereocenters. The van der Waals surface area contributed by atoms with Crippen LogP contribution in [0, 0.1) is 6.92 Å². The summed E-state index contributed by atoms with van der Waals surface area (Å²) in [5.74, 6) is -0.0547. The number of carbonyl (C=O) groups is 2. The topological polar surface area (TPSA) is 92.9 Å². The molecule has 1 amide bonds. The van der Waals surface area contributed by atoms with E-state index in [1.165, 1.54) is 4.90 Å². The number of furan rings is 1. The Morgan fingerprint density at radius 1 is 1.12 bits per heavy atom. The monoisotopic (exact) mass is 432 g/mol. The van der Waals surface area contributed by atoms with Crippen molar-refractivity contribution < 1.29 is 23.8 Å². The lowest BCUT2D eigenvalue weighted by molar-refractivity contribution is -0.140. The number of hydrogen-bond acceptors (Lipinski definition) is 6. The zero-order chi connectivity index (χ0) is 22.8. The van der Waals surface area contributed by atoms with Gasteiger partial charge in [0.25, 0.3) is 11.7 Å². The Balaban J connectivity index is 1.78. The SMILES string of the molecule is Cc1ccc(C2/C(=C(/O)c3ccc(OC(C)C)cc3)C(=O)C(=O)N2Cc2ccccn2)o1.